The number of carboxylic acid groups (broad SMARTS) is 1. The van der Waals surface area contributed by atoms with Gasteiger partial charge >= 0.3 is 5.97 Å². The van der Waals surface area contributed by atoms with Gasteiger partial charge in [0.15, 0.2) is 0 Å². The van der Waals surface area contributed by atoms with E-state index in [-0.39, 0.29) is 11.4 Å². The quantitative estimate of drug-likeness (QED) is 0.402. The van der Waals surface area contributed by atoms with E-state index >= 15 is 0 Å². The van der Waals surface area contributed by atoms with Gasteiger partial charge in [-0.1, -0.05) is 62.1 Å². The lowest BCUT2D eigenvalue weighted by Crippen LogP contribution is -2.58. The molecule has 2 fully saturated rings. The van der Waals surface area contributed by atoms with Crippen molar-refractivity contribution >= 4 is 27.8 Å². The van der Waals surface area contributed by atoms with Crippen molar-refractivity contribution in [3.63, 3.8) is 0 Å². The number of terminal acetylenes is 1. The predicted octanol–water partition coefficient (Wildman–Crippen LogP) is 5.05. The summed E-state index contributed by atoms with van der Waals surface area (Å²) in [4.78, 5) is 14.2. The van der Waals surface area contributed by atoms with Gasteiger partial charge in [-0.05, 0) is 55.5 Å². The van der Waals surface area contributed by atoms with E-state index in [2.05, 4.69) is 23.1 Å². The van der Waals surface area contributed by atoms with E-state index in [0.29, 0.717) is 18.3 Å². The Morgan fingerprint density at radius 3 is 2.22 bits per heavy atom. The van der Waals surface area contributed by atoms with E-state index in [1.165, 1.54) is 31.0 Å². The lowest BCUT2D eigenvalue weighted by molar-refractivity contribution is -0.142. The van der Waals surface area contributed by atoms with Crippen LogP contribution in [0, 0.1) is 12.5 Å². The first-order chi connectivity index (χ1) is 17.1. The summed E-state index contributed by atoms with van der Waals surface area (Å²) < 4.78 is 27.2. The lowest BCUT2D eigenvalue weighted by atomic mass is 9.94. The molecule has 4 rings (SSSR count). The highest BCUT2D eigenvalue weighted by Crippen LogP contribution is 2.38. The Balaban J connectivity index is 1.49. The molecule has 1 N–H and O–H groups in total. The highest BCUT2D eigenvalue weighted by Gasteiger charge is 2.48. The van der Waals surface area contributed by atoms with Gasteiger partial charge < -0.3 is 10.0 Å². The fourth-order valence-electron chi connectivity index (χ4n) is 5.26. The molecular weight excluding hydrogens is 492 g/mol. The SMILES string of the molecule is C#CN(Cc1ccc(-c2ccc(S(=O)(=O)N3CCSC(C)(C)C3C(=O)O)cc2)cc1)C1CCCCC1. The third-order valence-electron chi connectivity index (χ3n) is 7.25. The van der Waals surface area contributed by atoms with Gasteiger partial charge in [-0.3, -0.25) is 4.79 Å². The van der Waals surface area contributed by atoms with Gasteiger partial charge in [0.05, 0.1) is 11.4 Å². The number of carboxylic acids is 1. The van der Waals surface area contributed by atoms with Crippen LogP contribution in [0.5, 0.6) is 0 Å². The lowest BCUT2D eigenvalue weighted by Gasteiger charge is -2.42. The number of hydrogen-bond donors (Lipinski definition) is 1. The van der Waals surface area contributed by atoms with Crippen molar-refractivity contribution in [2.75, 3.05) is 12.3 Å². The second kappa shape index (κ2) is 10.9. The van der Waals surface area contributed by atoms with Crippen molar-refractivity contribution in [2.45, 2.75) is 74.2 Å². The Morgan fingerprint density at radius 2 is 1.67 bits per heavy atom. The van der Waals surface area contributed by atoms with E-state index in [1.54, 1.807) is 38.1 Å². The van der Waals surface area contributed by atoms with Crippen LogP contribution in [0.25, 0.3) is 11.1 Å². The Bertz CT molecular complexity index is 1210. The minimum Gasteiger partial charge on any atom is -0.480 e. The minimum absolute atomic E-state index is 0.106. The smallest absolute Gasteiger partial charge is 0.323 e. The molecule has 36 heavy (non-hydrogen) atoms. The van der Waals surface area contributed by atoms with Crippen molar-refractivity contribution in [1.82, 2.24) is 9.21 Å². The largest absolute Gasteiger partial charge is 0.480 e. The summed E-state index contributed by atoms with van der Waals surface area (Å²) in [5, 5.41) is 9.78. The number of benzene rings is 2. The van der Waals surface area contributed by atoms with Crippen LogP contribution in [-0.4, -0.2) is 57.8 Å². The summed E-state index contributed by atoms with van der Waals surface area (Å²) in [7, 11) is -3.95. The molecule has 2 aromatic carbocycles. The fraction of sp³-hybridized carbons (Fsp3) is 0.464. The van der Waals surface area contributed by atoms with Crippen LogP contribution in [0.1, 0.15) is 51.5 Å². The first-order valence-electron chi connectivity index (χ1n) is 12.4. The summed E-state index contributed by atoms with van der Waals surface area (Å²) in [6.07, 6.45) is 11.9. The Morgan fingerprint density at radius 1 is 1.08 bits per heavy atom. The standard InChI is InChI=1S/C28H34N2O4S2/c1-4-29(24-8-6-5-7-9-24)20-21-10-12-22(13-11-21)23-14-16-25(17-15-23)36(33,34)30-18-19-35-28(2,3)26(30)27(31)32/h1,10-17,24,26H,5-9,18-20H2,2-3H3,(H,31,32). The monoisotopic (exact) mass is 526 g/mol. The van der Waals surface area contributed by atoms with Crippen LogP contribution in [0.2, 0.25) is 0 Å². The number of rotatable bonds is 7. The molecule has 1 aliphatic carbocycles. The van der Waals surface area contributed by atoms with Crippen molar-refractivity contribution in [2.24, 2.45) is 0 Å². The number of nitrogens with zero attached hydrogens (tertiary/aromatic N) is 2. The first-order valence-corrected chi connectivity index (χ1v) is 14.9. The fourth-order valence-corrected chi connectivity index (χ4v) is 8.36. The topological polar surface area (TPSA) is 77.9 Å². The van der Waals surface area contributed by atoms with Crippen molar-refractivity contribution < 1.29 is 18.3 Å². The second-order valence-electron chi connectivity index (χ2n) is 10.1. The van der Waals surface area contributed by atoms with Crippen LogP contribution in [-0.2, 0) is 21.4 Å². The molecule has 0 amide bonds. The molecule has 192 valence electrons. The van der Waals surface area contributed by atoms with Crippen molar-refractivity contribution in [3.05, 3.63) is 54.1 Å². The molecule has 1 aliphatic heterocycles. The van der Waals surface area contributed by atoms with Crippen LogP contribution in [0.15, 0.2) is 53.4 Å². The summed E-state index contributed by atoms with van der Waals surface area (Å²) >= 11 is 1.48. The van der Waals surface area contributed by atoms with E-state index < -0.39 is 26.8 Å². The van der Waals surface area contributed by atoms with Crippen molar-refractivity contribution in [3.8, 4) is 23.6 Å². The molecule has 0 spiro atoms. The van der Waals surface area contributed by atoms with E-state index in [4.69, 9.17) is 6.42 Å². The van der Waals surface area contributed by atoms with Crippen LogP contribution >= 0.6 is 11.8 Å². The highest BCUT2D eigenvalue weighted by molar-refractivity contribution is 8.00. The number of thioether (sulfide) groups is 1. The summed E-state index contributed by atoms with van der Waals surface area (Å²) in [6, 6.07) is 17.1. The van der Waals surface area contributed by atoms with Crippen molar-refractivity contribution in [1.29, 1.82) is 0 Å². The van der Waals surface area contributed by atoms with Gasteiger partial charge in [0.2, 0.25) is 10.0 Å². The predicted molar refractivity (Wildman–Crippen MR) is 145 cm³/mol. The highest BCUT2D eigenvalue weighted by atomic mass is 32.2. The van der Waals surface area contributed by atoms with Crippen LogP contribution in [0.4, 0.5) is 0 Å². The van der Waals surface area contributed by atoms with E-state index in [1.807, 2.05) is 12.1 Å². The molecule has 6 nitrogen and oxygen atoms in total. The maximum absolute atomic E-state index is 13.4. The van der Waals surface area contributed by atoms with Gasteiger partial charge in [-0.2, -0.15) is 16.1 Å². The minimum atomic E-state index is -3.95. The van der Waals surface area contributed by atoms with Gasteiger partial charge in [0.25, 0.3) is 0 Å². The normalized spacial score (nSPS) is 21.0. The third-order valence-corrected chi connectivity index (χ3v) is 10.5. The molecule has 1 heterocycles. The maximum Gasteiger partial charge on any atom is 0.323 e. The molecule has 2 aliphatic rings. The van der Waals surface area contributed by atoms with Crippen LogP contribution < -0.4 is 0 Å². The number of carbonyl (C=O) groups is 1. The third kappa shape index (κ3) is 5.59. The second-order valence-corrected chi connectivity index (χ2v) is 13.7. The van der Waals surface area contributed by atoms with Gasteiger partial charge in [-0.15, -0.1) is 0 Å². The van der Waals surface area contributed by atoms with Gasteiger partial charge in [0, 0.05) is 29.1 Å². The molecule has 0 bridgehead atoms. The number of hydrogen-bond acceptors (Lipinski definition) is 5. The molecular formula is C28H34N2O4S2. The number of aliphatic carboxylic acids is 1. The number of sulfonamides is 1. The first kappa shape index (κ1) is 26.6. The molecule has 0 radical (unpaired) electrons. The summed E-state index contributed by atoms with van der Waals surface area (Å²) in [6.45, 7) is 4.45. The molecule has 1 saturated heterocycles. The van der Waals surface area contributed by atoms with E-state index in [0.717, 1.165) is 33.8 Å². The molecule has 0 aromatic heterocycles. The van der Waals surface area contributed by atoms with Gasteiger partial charge in [-0.25, -0.2) is 8.42 Å². The average molecular weight is 527 g/mol. The molecule has 2 aromatic rings. The zero-order chi connectivity index (χ0) is 25.9. The zero-order valence-corrected chi connectivity index (χ0v) is 22.5. The Kier molecular flexibility index (Phi) is 8.03. The molecule has 1 saturated carbocycles. The molecule has 8 heteroatoms. The van der Waals surface area contributed by atoms with E-state index in [9.17, 15) is 18.3 Å². The summed E-state index contributed by atoms with van der Waals surface area (Å²) in [5.41, 5.74) is 3.02. The molecule has 1 atom stereocenters. The summed E-state index contributed by atoms with van der Waals surface area (Å²) in [5.74, 6) is -0.572. The average Bonchev–Trinajstić information content (AvgIpc) is 2.87. The van der Waals surface area contributed by atoms with Crippen LogP contribution in [0.3, 0.4) is 0 Å². The Labute approximate surface area is 219 Å². The zero-order valence-electron chi connectivity index (χ0n) is 20.9. The molecule has 1 unspecified atom stereocenters. The van der Waals surface area contributed by atoms with Gasteiger partial charge in [0.1, 0.15) is 6.04 Å². The maximum atomic E-state index is 13.4. The Hall–Kier alpha value is -2.47.